The normalized spacial score (nSPS) is 11.8. The van der Waals surface area contributed by atoms with Crippen molar-refractivity contribution in [3.05, 3.63) is 29.8 Å². The van der Waals surface area contributed by atoms with Gasteiger partial charge in [-0.1, -0.05) is 32.0 Å². The molecule has 1 aromatic carbocycles. The average molecular weight is 299 g/mol. The third-order valence-corrected chi connectivity index (χ3v) is 4.61. The van der Waals surface area contributed by atoms with E-state index in [1.807, 2.05) is 32.0 Å². The zero-order valence-electron chi connectivity index (χ0n) is 12.5. The van der Waals surface area contributed by atoms with Crippen molar-refractivity contribution in [2.24, 2.45) is 0 Å². The average Bonchev–Trinajstić information content (AvgIpc) is 2.43. The molecule has 2 N–H and O–H groups in total. The molecule has 0 saturated heterocycles. The quantitative estimate of drug-likeness (QED) is 0.684. The van der Waals surface area contributed by atoms with Gasteiger partial charge in [0.1, 0.15) is 0 Å². The van der Waals surface area contributed by atoms with Gasteiger partial charge in [-0.05, 0) is 37.6 Å². The van der Waals surface area contributed by atoms with Crippen LogP contribution in [0, 0.1) is 0 Å². The first-order chi connectivity index (χ1) is 9.51. The second kappa shape index (κ2) is 8.24. The van der Waals surface area contributed by atoms with Crippen molar-refractivity contribution in [2.45, 2.75) is 26.7 Å². The molecule has 0 aliphatic rings. The summed E-state index contributed by atoms with van der Waals surface area (Å²) in [7, 11) is -1.88. The number of hydrogen-bond acceptors (Lipinski definition) is 3. The summed E-state index contributed by atoms with van der Waals surface area (Å²) < 4.78 is 28.5. The highest BCUT2D eigenvalue weighted by Gasteiger charge is 2.17. The SMILES string of the molecule is CCNCCCN(C)S(=O)(=O)Nc1ccccc1CC. The van der Waals surface area contributed by atoms with Crippen molar-refractivity contribution >= 4 is 15.9 Å². The molecule has 1 rings (SSSR count). The summed E-state index contributed by atoms with van der Waals surface area (Å²) >= 11 is 0. The van der Waals surface area contributed by atoms with Gasteiger partial charge >= 0.3 is 10.2 Å². The van der Waals surface area contributed by atoms with Crippen molar-refractivity contribution in [3.63, 3.8) is 0 Å². The van der Waals surface area contributed by atoms with Gasteiger partial charge in [-0.3, -0.25) is 4.72 Å². The summed E-state index contributed by atoms with van der Waals surface area (Å²) in [5.41, 5.74) is 1.66. The fraction of sp³-hybridized carbons (Fsp3) is 0.571. The summed E-state index contributed by atoms with van der Waals surface area (Å²) in [4.78, 5) is 0. The van der Waals surface area contributed by atoms with Gasteiger partial charge in [0.2, 0.25) is 0 Å². The molecule has 6 heteroatoms. The second-order valence-corrected chi connectivity index (χ2v) is 6.42. The van der Waals surface area contributed by atoms with Crippen molar-refractivity contribution < 1.29 is 8.42 Å². The Kier molecular flexibility index (Phi) is 6.98. The van der Waals surface area contributed by atoms with E-state index < -0.39 is 10.2 Å². The lowest BCUT2D eigenvalue weighted by Crippen LogP contribution is -2.34. The first-order valence-corrected chi connectivity index (χ1v) is 8.48. The van der Waals surface area contributed by atoms with Gasteiger partial charge in [0.05, 0.1) is 5.69 Å². The van der Waals surface area contributed by atoms with Crippen LogP contribution in [0.1, 0.15) is 25.8 Å². The van der Waals surface area contributed by atoms with E-state index in [0.717, 1.165) is 31.5 Å². The smallest absolute Gasteiger partial charge is 0.301 e. The first kappa shape index (κ1) is 16.9. The van der Waals surface area contributed by atoms with Crippen LogP contribution in [-0.2, 0) is 16.6 Å². The standard InChI is InChI=1S/C14H25N3O2S/c1-4-13-9-6-7-10-14(13)16-20(18,19)17(3)12-8-11-15-5-2/h6-7,9-10,15-16H,4-5,8,11-12H2,1-3H3. The lowest BCUT2D eigenvalue weighted by Gasteiger charge is -2.19. The molecule has 0 saturated carbocycles. The van der Waals surface area contributed by atoms with Gasteiger partial charge in [0.15, 0.2) is 0 Å². The molecular weight excluding hydrogens is 274 g/mol. The van der Waals surface area contributed by atoms with E-state index in [4.69, 9.17) is 0 Å². The molecule has 20 heavy (non-hydrogen) atoms. The van der Waals surface area contributed by atoms with Gasteiger partial charge in [-0.15, -0.1) is 0 Å². The van der Waals surface area contributed by atoms with E-state index in [1.165, 1.54) is 4.31 Å². The van der Waals surface area contributed by atoms with Crippen molar-refractivity contribution in [1.29, 1.82) is 0 Å². The number of aryl methyl sites for hydroxylation is 1. The summed E-state index contributed by atoms with van der Waals surface area (Å²) in [5, 5.41) is 3.18. The van der Waals surface area contributed by atoms with Gasteiger partial charge in [-0.25, -0.2) is 0 Å². The molecule has 0 bridgehead atoms. The Morgan fingerprint density at radius 3 is 2.55 bits per heavy atom. The molecule has 0 unspecified atom stereocenters. The van der Waals surface area contributed by atoms with Crippen molar-refractivity contribution in [3.8, 4) is 0 Å². The molecule has 114 valence electrons. The Morgan fingerprint density at radius 2 is 1.90 bits per heavy atom. The summed E-state index contributed by atoms with van der Waals surface area (Å²) in [6.07, 6.45) is 1.59. The fourth-order valence-electron chi connectivity index (χ4n) is 1.87. The number of para-hydroxylation sites is 1. The summed E-state index contributed by atoms with van der Waals surface area (Å²) in [6, 6.07) is 7.48. The maximum Gasteiger partial charge on any atom is 0.301 e. The zero-order chi connectivity index (χ0) is 15.0. The molecule has 0 amide bonds. The maximum atomic E-state index is 12.2. The number of rotatable bonds is 9. The Labute approximate surface area is 122 Å². The molecule has 5 nitrogen and oxygen atoms in total. The minimum atomic E-state index is -3.48. The van der Waals surface area contributed by atoms with Crippen LogP contribution in [-0.4, -0.2) is 39.4 Å². The minimum Gasteiger partial charge on any atom is -0.317 e. The van der Waals surface area contributed by atoms with E-state index in [0.29, 0.717) is 12.2 Å². The number of benzene rings is 1. The lowest BCUT2D eigenvalue weighted by molar-refractivity contribution is 0.459. The number of nitrogens with one attached hydrogen (secondary N) is 2. The lowest BCUT2D eigenvalue weighted by atomic mass is 10.1. The highest BCUT2D eigenvalue weighted by atomic mass is 32.2. The molecule has 0 spiro atoms. The van der Waals surface area contributed by atoms with E-state index in [1.54, 1.807) is 13.1 Å². The van der Waals surface area contributed by atoms with Gasteiger partial charge in [0.25, 0.3) is 0 Å². The molecule has 0 aromatic heterocycles. The molecule has 1 aromatic rings. The third kappa shape index (κ3) is 5.11. The van der Waals surface area contributed by atoms with E-state index in [-0.39, 0.29) is 0 Å². The van der Waals surface area contributed by atoms with Gasteiger partial charge < -0.3 is 5.32 Å². The predicted molar refractivity (Wildman–Crippen MR) is 84.2 cm³/mol. The Morgan fingerprint density at radius 1 is 1.20 bits per heavy atom. The van der Waals surface area contributed by atoms with Crippen LogP contribution in [0.15, 0.2) is 24.3 Å². The summed E-state index contributed by atoms with van der Waals surface area (Å²) in [5.74, 6) is 0. The molecule has 0 radical (unpaired) electrons. The Bertz CT molecular complexity index is 503. The van der Waals surface area contributed by atoms with Crippen LogP contribution in [0.25, 0.3) is 0 Å². The highest BCUT2D eigenvalue weighted by Crippen LogP contribution is 2.17. The molecule has 0 aliphatic carbocycles. The number of hydrogen-bond donors (Lipinski definition) is 2. The van der Waals surface area contributed by atoms with Gasteiger partial charge in [-0.2, -0.15) is 12.7 Å². The maximum absolute atomic E-state index is 12.2. The van der Waals surface area contributed by atoms with Crippen LogP contribution in [0.3, 0.4) is 0 Å². The first-order valence-electron chi connectivity index (χ1n) is 7.04. The van der Waals surface area contributed by atoms with Crippen LogP contribution in [0.4, 0.5) is 5.69 Å². The molecule has 0 heterocycles. The van der Waals surface area contributed by atoms with Crippen LogP contribution < -0.4 is 10.0 Å². The van der Waals surface area contributed by atoms with E-state index >= 15 is 0 Å². The number of nitrogens with zero attached hydrogens (tertiary/aromatic N) is 1. The van der Waals surface area contributed by atoms with Crippen LogP contribution in [0.2, 0.25) is 0 Å². The van der Waals surface area contributed by atoms with Crippen LogP contribution >= 0.6 is 0 Å². The molecular formula is C14H25N3O2S. The molecule has 0 aliphatic heterocycles. The van der Waals surface area contributed by atoms with Gasteiger partial charge in [0, 0.05) is 13.6 Å². The second-order valence-electron chi connectivity index (χ2n) is 4.65. The number of anilines is 1. The van der Waals surface area contributed by atoms with E-state index in [9.17, 15) is 8.42 Å². The monoisotopic (exact) mass is 299 g/mol. The topological polar surface area (TPSA) is 61.4 Å². The highest BCUT2D eigenvalue weighted by molar-refractivity contribution is 7.90. The Balaban J connectivity index is 2.64. The van der Waals surface area contributed by atoms with E-state index in [2.05, 4.69) is 10.0 Å². The molecule has 0 atom stereocenters. The van der Waals surface area contributed by atoms with Crippen LogP contribution in [0.5, 0.6) is 0 Å². The third-order valence-electron chi connectivity index (χ3n) is 3.12. The predicted octanol–water partition coefficient (Wildman–Crippen LogP) is 1.84. The fourth-order valence-corrected chi connectivity index (χ4v) is 2.87. The molecule has 0 fully saturated rings. The van der Waals surface area contributed by atoms with Crippen molar-refractivity contribution in [1.82, 2.24) is 9.62 Å². The summed E-state index contributed by atoms with van der Waals surface area (Å²) in [6.45, 7) is 6.26. The minimum absolute atomic E-state index is 0.497. The largest absolute Gasteiger partial charge is 0.317 e. The Hall–Kier alpha value is -1.11. The van der Waals surface area contributed by atoms with Crippen molar-refractivity contribution in [2.75, 3.05) is 31.4 Å². The zero-order valence-corrected chi connectivity index (χ0v) is 13.3.